The molecule has 2 heteroatoms. The molecule has 1 aliphatic rings. The zero-order chi connectivity index (χ0) is 8.32. The van der Waals surface area contributed by atoms with E-state index in [9.17, 15) is 0 Å². The summed E-state index contributed by atoms with van der Waals surface area (Å²) in [6.45, 7) is 11.6. The molecule has 1 N–H and O–H groups in total. The molecule has 0 aliphatic carbocycles. The first-order chi connectivity index (χ1) is 5.17. The molecule has 0 unspecified atom stereocenters. The van der Waals surface area contributed by atoms with Gasteiger partial charge in [-0.25, -0.2) is 0 Å². The monoisotopic (exact) mass is 156 g/mol. The molecule has 1 heterocycles. The van der Waals surface area contributed by atoms with Crippen LogP contribution in [0, 0.1) is 0 Å². The highest BCUT2D eigenvalue weighted by molar-refractivity contribution is 4.84. The average Bonchev–Trinajstić information content (AvgIpc) is 2.10. The maximum Gasteiger partial charge on any atom is 0.0165 e. The molecule has 0 spiro atoms. The van der Waals surface area contributed by atoms with E-state index in [-0.39, 0.29) is 0 Å². The minimum atomic E-state index is 0.401. The third kappa shape index (κ3) is 2.17. The van der Waals surface area contributed by atoms with Gasteiger partial charge < -0.3 is 5.32 Å². The van der Waals surface area contributed by atoms with Crippen molar-refractivity contribution in [3.8, 4) is 0 Å². The van der Waals surface area contributed by atoms with Crippen LogP contribution < -0.4 is 5.32 Å². The van der Waals surface area contributed by atoms with E-state index in [0.717, 1.165) is 6.54 Å². The fourth-order valence-electron chi connectivity index (χ4n) is 1.78. The number of likely N-dealkylation sites (N-methyl/N-ethyl adjacent to an activating group) is 1. The summed E-state index contributed by atoms with van der Waals surface area (Å²) in [4.78, 5) is 2.55. The van der Waals surface area contributed by atoms with Crippen LogP contribution in [0.2, 0.25) is 0 Å². The Morgan fingerprint density at radius 2 is 2.09 bits per heavy atom. The SMILES string of the molecule is CCN1CCNCCC1(C)C. The Bertz CT molecular complexity index is 121. The van der Waals surface area contributed by atoms with E-state index in [1.807, 2.05) is 0 Å². The van der Waals surface area contributed by atoms with Gasteiger partial charge in [-0.15, -0.1) is 0 Å². The molecule has 0 bridgehead atoms. The van der Waals surface area contributed by atoms with Crippen LogP contribution >= 0.6 is 0 Å². The summed E-state index contributed by atoms with van der Waals surface area (Å²) in [6, 6.07) is 0. The van der Waals surface area contributed by atoms with E-state index in [2.05, 4.69) is 31.0 Å². The smallest absolute Gasteiger partial charge is 0.0165 e. The van der Waals surface area contributed by atoms with E-state index in [4.69, 9.17) is 0 Å². The van der Waals surface area contributed by atoms with Crippen molar-refractivity contribution in [3.63, 3.8) is 0 Å². The average molecular weight is 156 g/mol. The summed E-state index contributed by atoms with van der Waals surface area (Å²) >= 11 is 0. The Morgan fingerprint density at radius 3 is 2.73 bits per heavy atom. The van der Waals surface area contributed by atoms with Crippen LogP contribution in [0.5, 0.6) is 0 Å². The number of rotatable bonds is 1. The number of nitrogens with zero attached hydrogens (tertiary/aromatic N) is 1. The van der Waals surface area contributed by atoms with E-state index in [0.29, 0.717) is 5.54 Å². The van der Waals surface area contributed by atoms with Crippen LogP contribution in [-0.2, 0) is 0 Å². The van der Waals surface area contributed by atoms with Crippen molar-refractivity contribution in [2.75, 3.05) is 26.2 Å². The lowest BCUT2D eigenvalue weighted by Gasteiger charge is -2.35. The van der Waals surface area contributed by atoms with Crippen molar-refractivity contribution in [1.82, 2.24) is 10.2 Å². The van der Waals surface area contributed by atoms with Crippen LogP contribution in [0.1, 0.15) is 27.2 Å². The molecule has 11 heavy (non-hydrogen) atoms. The molecule has 1 saturated heterocycles. The molecule has 0 radical (unpaired) electrons. The van der Waals surface area contributed by atoms with Gasteiger partial charge in [0.1, 0.15) is 0 Å². The highest BCUT2D eigenvalue weighted by atomic mass is 15.2. The van der Waals surface area contributed by atoms with Crippen molar-refractivity contribution in [3.05, 3.63) is 0 Å². The summed E-state index contributed by atoms with van der Waals surface area (Å²) in [5.41, 5.74) is 0.401. The zero-order valence-corrected chi connectivity index (χ0v) is 7.98. The minimum Gasteiger partial charge on any atom is -0.315 e. The Labute approximate surface area is 70.0 Å². The summed E-state index contributed by atoms with van der Waals surface area (Å²) in [5.74, 6) is 0. The van der Waals surface area contributed by atoms with Crippen molar-refractivity contribution in [2.45, 2.75) is 32.7 Å². The van der Waals surface area contributed by atoms with Gasteiger partial charge in [-0.2, -0.15) is 0 Å². The van der Waals surface area contributed by atoms with Crippen LogP contribution in [-0.4, -0.2) is 36.6 Å². The molecular weight excluding hydrogens is 136 g/mol. The largest absolute Gasteiger partial charge is 0.315 e. The van der Waals surface area contributed by atoms with Gasteiger partial charge in [0.25, 0.3) is 0 Å². The van der Waals surface area contributed by atoms with Crippen LogP contribution in [0.4, 0.5) is 0 Å². The summed E-state index contributed by atoms with van der Waals surface area (Å²) < 4.78 is 0. The molecular formula is C9H20N2. The molecule has 1 aliphatic heterocycles. The van der Waals surface area contributed by atoms with Gasteiger partial charge in [0.15, 0.2) is 0 Å². The first-order valence-corrected chi connectivity index (χ1v) is 4.62. The van der Waals surface area contributed by atoms with Gasteiger partial charge in [0.2, 0.25) is 0 Å². The van der Waals surface area contributed by atoms with Crippen molar-refractivity contribution >= 4 is 0 Å². The fraction of sp³-hybridized carbons (Fsp3) is 1.00. The molecule has 1 fully saturated rings. The van der Waals surface area contributed by atoms with E-state index in [1.165, 1.54) is 26.1 Å². The van der Waals surface area contributed by atoms with Gasteiger partial charge in [0, 0.05) is 18.6 Å². The van der Waals surface area contributed by atoms with Gasteiger partial charge in [-0.1, -0.05) is 6.92 Å². The predicted molar refractivity (Wildman–Crippen MR) is 48.8 cm³/mol. The van der Waals surface area contributed by atoms with E-state index in [1.54, 1.807) is 0 Å². The minimum absolute atomic E-state index is 0.401. The second-order valence-corrected chi connectivity index (χ2v) is 3.89. The molecule has 0 aromatic carbocycles. The summed E-state index contributed by atoms with van der Waals surface area (Å²) in [5, 5.41) is 3.43. The Morgan fingerprint density at radius 1 is 1.36 bits per heavy atom. The summed E-state index contributed by atoms with van der Waals surface area (Å²) in [6.07, 6.45) is 1.26. The lowest BCUT2D eigenvalue weighted by molar-refractivity contribution is 0.136. The predicted octanol–water partition coefficient (Wildman–Crippen LogP) is 1.08. The van der Waals surface area contributed by atoms with Crippen LogP contribution in [0.25, 0.3) is 0 Å². The molecule has 0 atom stereocenters. The third-order valence-electron chi connectivity index (χ3n) is 2.71. The van der Waals surface area contributed by atoms with Crippen LogP contribution in [0.3, 0.4) is 0 Å². The molecule has 1 rings (SSSR count). The topological polar surface area (TPSA) is 15.3 Å². The molecule has 0 saturated carbocycles. The quantitative estimate of drug-likeness (QED) is 0.611. The van der Waals surface area contributed by atoms with Crippen molar-refractivity contribution in [2.24, 2.45) is 0 Å². The second-order valence-electron chi connectivity index (χ2n) is 3.89. The van der Waals surface area contributed by atoms with Gasteiger partial charge in [0.05, 0.1) is 0 Å². The standard InChI is InChI=1S/C9H20N2/c1-4-11-8-7-10-6-5-9(11,2)3/h10H,4-8H2,1-3H3. The lowest BCUT2D eigenvalue weighted by Crippen LogP contribution is -2.44. The first kappa shape index (κ1) is 9.01. The lowest BCUT2D eigenvalue weighted by atomic mass is 9.99. The van der Waals surface area contributed by atoms with Gasteiger partial charge >= 0.3 is 0 Å². The number of hydrogen-bond donors (Lipinski definition) is 1. The van der Waals surface area contributed by atoms with Crippen molar-refractivity contribution in [1.29, 1.82) is 0 Å². The van der Waals surface area contributed by atoms with E-state index < -0.39 is 0 Å². The molecule has 0 aromatic rings. The Hall–Kier alpha value is -0.0800. The fourth-order valence-corrected chi connectivity index (χ4v) is 1.78. The van der Waals surface area contributed by atoms with Gasteiger partial charge in [-0.05, 0) is 33.4 Å². The highest BCUT2D eigenvalue weighted by Crippen LogP contribution is 2.18. The van der Waals surface area contributed by atoms with Crippen molar-refractivity contribution < 1.29 is 0 Å². The Kier molecular flexibility index (Phi) is 2.90. The molecule has 66 valence electrons. The molecule has 0 aromatic heterocycles. The number of nitrogens with one attached hydrogen (secondary N) is 1. The highest BCUT2D eigenvalue weighted by Gasteiger charge is 2.26. The summed E-state index contributed by atoms with van der Waals surface area (Å²) in [7, 11) is 0. The maximum absolute atomic E-state index is 3.43. The normalized spacial score (nSPS) is 26.5. The van der Waals surface area contributed by atoms with E-state index >= 15 is 0 Å². The van der Waals surface area contributed by atoms with Gasteiger partial charge in [-0.3, -0.25) is 4.90 Å². The van der Waals surface area contributed by atoms with Crippen LogP contribution in [0.15, 0.2) is 0 Å². The maximum atomic E-state index is 3.43. The Balaban J connectivity index is 2.56. The molecule has 2 nitrogen and oxygen atoms in total. The second kappa shape index (κ2) is 3.55. The zero-order valence-electron chi connectivity index (χ0n) is 7.98. The molecule has 0 amide bonds. The number of hydrogen-bond acceptors (Lipinski definition) is 2. The first-order valence-electron chi connectivity index (χ1n) is 4.62. The third-order valence-corrected chi connectivity index (χ3v) is 2.71.